The summed E-state index contributed by atoms with van der Waals surface area (Å²) in [6.45, 7) is 5.83. The SMILES string of the molecule is Cc1ccc(S(=O)(=O)C2CC(C)CC(C)C2)cc1C(=O)O. The van der Waals surface area contributed by atoms with Crippen molar-refractivity contribution in [3.8, 4) is 0 Å². The van der Waals surface area contributed by atoms with Crippen LogP contribution in [0.3, 0.4) is 0 Å². The minimum Gasteiger partial charge on any atom is -0.478 e. The molecule has 1 aliphatic carbocycles. The summed E-state index contributed by atoms with van der Waals surface area (Å²) in [5.74, 6) is -0.314. The molecule has 4 nitrogen and oxygen atoms in total. The summed E-state index contributed by atoms with van der Waals surface area (Å²) in [6, 6.07) is 4.41. The first-order chi connectivity index (χ1) is 9.71. The van der Waals surface area contributed by atoms with Crippen LogP contribution in [0.25, 0.3) is 0 Å². The quantitative estimate of drug-likeness (QED) is 0.930. The molecule has 1 N–H and O–H groups in total. The van der Waals surface area contributed by atoms with Crippen molar-refractivity contribution in [3.63, 3.8) is 0 Å². The van der Waals surface area contributed by atoms with Gasteiger partial charge < -0.3 is 5.11 Å². The Hall–Kier alpha value is -1.36. The molecule has 1 saturated carbocycles. The van der Waals surface area contributed by atoms with E-state index in [0.717, 1.165) is 6.42 Å². The van der Waals surface area contributed by atoms with E-state index >= 15 is 0 Å². The second kappa shape index (κ2) is 5.79. The highest BCUT2D eigenvalue weighted by atomic mass is 32.2. The van der Waals surface area contributed by atoms with Gasteiger partial charge in [0.15, 0.2) is 9.84 Å². The molecule has 2 atom stereocenters. The van der Waals surface area contributed by atoms with Crippen LogP contribution in [0.15, 0.2) is 23.1 Å². The summed E-state index contributed by atoms with van der Waals surface area (Å²) in [6.07, 6.45) is 2.37. The van der Waals surface area contributed by atoms with Crippen LogP contribution in [0.1, 0.15) is 49.0 Å². The zero-order valence-corrected chi connectivity index (χ0v) is 13.5. The van der Waals surface area contributed by atoms with E-state index in [9.17, 15) is 13.2 Å². The monoisotopic (exact) mass is 310 g/mol. The molecule has 0 amide bonds. The molecule has 0 spiro atoms. The van der Waals surface area contributed by atoms with Crippen molar-refractivity contribution in [1.29, 1.82) is 0 Å². The number of carbonyl (C=O) groups is 1. The van der Waals surface area contributed by atoms with Gasteiger partial charge in [0.2, 0.25) is 0 Å². The lowest BCUT2D eigenvalue weighted by Crippen LogP contribution is -2.31. The zero-order chi connectivity index (χ0) is 15.8. The topological polar surface area (TPSA) is 71.4 Å². The minimum absolute atomic E-state index is 0.0629. The Kier molecular flexibility index (Phi) is 4.42. The molecule has 21 heavy (non-hydrogen) atoms. The summed E-state index contributed by atoms with van der Waals surface area (Å²) in [7, 11) is -3.46. The third kappa shape index (κ3) is 3.28. The van der Waals surface area contributed by atoms with E-state index in [2.05, 4.69) is 13.8 Å². The average Bonchev–Trinajstić information content (AvgIpc) is 2.37. The van der Waals surface area contributed by atoms with Gasteiger partial charge >= 0.3 is 5.97 Å². The standard InChI is InChI=1S/C16H22O4S/c1-10-6-11(2)8-14(7-10)21(19,20)13-5-4-12(3)15(9-13)16(17)18/h4-5,9-11,14H,6-8H2,1-3H3,(H,17,18). The van der Waals surface area contributed by atoms with Crippen LogP contribution in [0, 0.1) is 18.8 Å². The number of sulfone groups is 1. The number of aryl methyl sites for hydroxylation is 1. The molecule has 1 aromatic rings. The highest BCUT2D eigenvalue weighted by molar-refractivity contribution is 7.92. The van der Waals surface area contributed by atoms with Gasteiger partial charge in [-0.2, -0.15) is 0 Å². The average molecular weight is 310 g/mol. The second-order valence-corrected chi connectivity index (χ2v) is 8.59. The van der Waals surface area contributed by atoms with Gasteiger partial charge in [0.1, 0.15) is 0 Å². The van der Waals surface area contributed by atoms with Crippen LogP contribution in [0.5, 0.6) is 0 Å². The number of aromatic carboxylic acids is 1. The highest BCUT2D eigenvalue weighted by Gasteiger charge is 2.34. The second-order valence-electron chi connectivity index (χ2n) is 6.37. The van der Waals surface area contributed by atoms with E-state index in [1.807, 2.05) is 0 Å². The Morgan fingerprint density at radius 2 is 1.71 bits per heavy atom. The van der Waals surface area contributed by atoms with Crippen LogP contribution in [0.2, 0.25) is 0 Å². The lowest BCUT2D eigenvalue weighted by Gasteiger charge is -2.31. The molecule has 1 fully saturated rings. The van der Waals surface area contributed by atoms with E-state index in [1.54, 1.807) is 13.0 Å². The van der Waals surface area contributed by atoms with E-state index < -0.39 is 21.1 Å². The Labute approximate surface area is 126 Å². The van der Waals surface area contributed by atoms with Gasteiger partial charge in [0.05, 0.1) is 15.7 Å². The molecule has 2 unspecified atom stereocenters. The van der Waals surface area contributed by atoms with Crippen LogP contribution >= 0.6 is 0 Å². The van der Waals surface area contributed by atoms with E-state index in [4.69, 9.17) is 5.11 Å². The summed E-state index contributed by atoms with van der Waals surface area (Å²) in [5.41, 5.74) is 0.639. The molecular formula is C16H22O4S. The van der Waals surface area contributed by atoms with Gasteiger partial charge in [-0.1, -0.05) is 19.9 Å². The minimum atomic E-state index is -3.46. The molecular weight excluding hydrogens is 288 g/mol. The fraction of sp³-hybridized carbons (Fsp3) is 0.562. The number of hydrogen-bond donors (Lipinski definition) is 1. The van der Waals surface area contributed by atoms with E-state index in [1.165, 1.54) is 12.1 Å². The molecule has 0 aromatic heterocycles. The Balaban J connectivity index is 2.40. The third-order valence-corrected chi connectivity index (χ3v) is 6.52. The van der Waals surface area contributed by atoms with Gasteiger partial charge in [0.25, 0.3) is 0 Å². The molecule has 0 saturated heterocycles. The third-order valence-electron chi connectivity index (χ3n) is 4.34. The predicted molar refractivity (Wildman–Crippen MR) is 81.3 cm³/mol. The summed E-state index contributed by atoms with van der Waals surface area (Å²) in [4.78, 5) is 11.3. The molecule has 1 aliphatic rings. The maximum atomic E-state index is 12.8. The van der Waals surface area contributed by atoms with Gasteiger partial charge in [-0.15, -0.1) is 0 Å². The first-order valence-corrected chi connectivity index (χ1v) is 8.84. The van der Waals surface area contributed by atoms with Crippen LogP contribution in [-0.4, -0.2) is 24.7 Å². The Morgan fingerprint density at radius 1 is 1.14 bits per heavy atom. The van der Waals surface area contributed by atoms with Gasteiger partial charge in [-0.25, -0.2) is 13.2 Å². The fourth-order valence-corrected chi connectivity index (χ4v) is 5.42. The first-order valence-electron chi connectivity index (χ1n) is 7.29. The number of carboxylic acid groups (broad SMARTS) is 1. The van der Waals surface area contributed by atoms with Crippen molar-refractivity contribution in [3.05, 3.63) is 29.3 Å². The van der Waals surface area contributed by atoms with Crippen LogP contribution < -0.4 is 0 Å². The molecule has 2 rings (SSSR count). The number of benzene rings is 1. The summed E-state index contributed by atoms with van der Waals surface area (Å²) in [5, 5.41) is 8.75. The lowest BCUT2D eigenvalue weighted by molar-refractivity contribution is 0.0696. The van der Waals surface area contributed by atoms with E-state index in [0.29, 0.717) is 30.2 Å². The van der Waals surface area contributed by atoms with Crippen molar-refractivity contribution in [1.82, 2.24) is 0 Å². The van der Waals surface area contributed by atoms with E-state index in [-0.39, 0.29) is 10.5 Å². The number of hydrogen-bond acceptors (Lipinski definition) is 3. The van der Waals surface area contributed by atoms with Gasteiger partial charge in [-0.3, -0.25) is 0 Å². The zero-order valence-electron chi connectivity index (χ0n) is 12.7. The predicted octanol–water partition coefficient (Wildman–Crippen LogP) is 3.29. The van der Waals surface area contributed by atoms with Crippen LogP contribution in [-0.2, 0) is 9.84 Å². The smallest absolute Gasteiger partial charge is 0.335 e. The maximum absolute atomic E-state index is 12.8. The normalized spacial score (nSPS) is 26.5. The molecule has 0 bridgehead atoms. The van der Waals surface area contributed by atoms with Crippen molar-refractivity contribution < 1.29 is 18.3 Å². The molecule has 0 radical (unpaired) electrons. The van der Waals surface area contributed by atoms with Gasteiger partial charge in [-0.05, 0) is 55.7 Å². The van der Waals surface area contributed by atoms with Crippen molar-refractivity contribution in [2.75, 3.05) is 0 Å². The Morgan fingerprint density at radius 3 is 2.24 bits per heavy atom. The summed E-state index contributed by atoms with van der Waals surface area (Å²) >= 11 is 0. The lowest BCUT2D eigenvalue weighted by atomic mass is 9.83. The number of rotatable bonds is 3. The van der Waals surface area contributed by atoms with Gasteiger partial charge in [0, 0.05) is 0 Å². The van der Waals surface area contributed by atoms with Crippen LogP contribution in [0.4, 0.5) is 0 Å². The first kappa shape index (κ1) is 16.0. The maximum Gasteiger partial charge on any atom is 0.335 e. The number of carboxylic acids is 1. The largest absolute Gasteiger partial charge is 0.478 e. The fourth-order valence-electron chi connectivity index (χ4n) is 3.33. The molecule has 0 aliphatic heterocycles. The molecule has 0 heterocycles. The molecule has 1 aromatic carbocycles. The highest BCUT2D eigenvalue weighted by Crippen LogP contribution is 2.35. The van der Waals surface area contributed by atoms with Crippen molar-refractivity contribution >= 4 is 15.8 Å². The van der Waals surface area contributed by atoms with Crippen molar-refractivity contribution in [2.24, 2.45) is 11.8 Å². The van der Waals surface area contributed by atoms with Crippen molar-refractivity contribution in [2.45, 2.75) is 50.2 Å². The molecule has 5 heteroatoms. The molecule has 116 valence electrons. The Bertz CT molecular complexity index is 638. The summed E-state index contributed by atoms with van der Waals surface area (Å²) < 4.78 is 25.5.